The summed E-state index contributed by atoms with van der Waals surface area (Å²) in [7, 11) is 2.31. The summed E-state index contributed by atoms with van der Waals surface area (Å²) < 4.78 is 0. The second-order valence-corrected chi connectivity index (χ2v) is 7.03. The minimum Gasteiger partial charge on any atom is -0.312 e. The van der Waals surface area contributed by atoms with Crippen molar-refractivity contribution in [3.8, 4) is 0 Å². The van der Waals surface area contributed by atoms with Gasteiger partial charge in [-0.25, -0.2) is 0 Å². The van der Waals surface area contributed by atoms with Crippen LogP contribution < -0.4 is 5.32 Å². The summed E-state index contributed by atoms with van der Waals surface area (Å²) in [6, 6.07) is 7.87. The van der Waals surface area contributed by atoms with Crippen molar-refractivity contribution in [3.05, 3.63) is 34.3 Å². The Morgan fingerprint density at radius 3 is 2.60 bits per heavy atom. The second kappa shape index (κ2) is 6.05. The quantitative estimate of drug-likeness (QED) is 0.912. The van der Waals surface area contributed by atoms with Gasteiger partial charge in [-0.3, -0.25) is 0 Å². The van der Waals surface area contributed by atoms with E-state index in [-0.39, 0.29) is 0 Å². The Hall–Kier alpha value is -0.570. The molecule has 1 aromatic rings. The molecule has 110 valence electrons. The molecule has 2 nitrogen and oxygen atoms in total. The zero-order valence-electron chi connectivity index (χ0n) is 12.5. The molecule has 0 amide bonds. The lowest BCUT2D eigenvalue weighted by atomic mass is 9.91. The van der Waals surface area contributed by atoms with Gasteiger partial charge < -0.3 is 10.2 Å². The summed E-state index contributed by atoms with van der Waals surface area (Å²) in [5, 5.41) is 4.49. The minimum atomic E-state index is 0.832. The molecule has 0 aromatic heterocycles. The maximum absolute atomic E-state index is 6.00. The average Bonchev–Trinajstić information content (AvgIpc) is 2.64. The standard InChI is InChI=1S/C17H25ClN2/c1-12-7-15(18)4-3-14(12)11-19-10-13-8-16-5-6-17(9-13)20(16)2/h3-4,7,13,16-17,19H,5-6,8-11H2,1-2H3. The van der Waals surface area contributed by atoms with Crippen molar-refractivity contribution in [2.24, 2.45) is 5.92 Å². The van der Waals surface area contributed by atoms with Crippen molar-refractivity contribution in [1.82, 2.24) is 10.2 Å². The highest BCUT2D eigenvalue weighted by atomic mass is 35.5. The molecule has 3 rings (SSSR count). The van der Waals surface area contributed by atoms with E-state index in [1.807, 2.05) is 12.1 Å². The molecule has 1 aromatic carbocycles. The number of hydrogen-bond donors (Lipinski definition) is 1. The van der Waals surface area contributed by atoms with E-state index in [0.717, 1.165) is 36.1 Å². The van der Waals surface area contributed by atoms with Crippen molar-refractivity contribution in [2.75, 3.05) is 13.6 Å². The van der Waals surface area contributed by atoms with Gasteiger partial charge in [-0.05, 0) is 75.4 Å². The van der Waals surface area contributed by atoms with Crippen LogP contribution in [0.15, 0.2) is 18.2 Å². The molecule has 0 radical (unpaired) electrons. The third-order valence-corrected chi connectivity index (χ3v) is 5.48. The van der Waals surface area contributed by atoms with Gasteiger partial charge in [0.1, 0.15) is 0 Å². The van der Waals surface area contributed by atoms with Crippen LogP contribution in [-0.2, 0) is 6.54 Å². The number of hydrogen-bond acceptors (Lipinski definition) is 2. The van der Waals surface area contributed by atoms with E-state index in [9.17, 15) is 0 Å². The maximum atomic E-state index is 6.00. The van der Waals surface area contributed by atoms with Gasteiger partial charge in [-0.15, -0.1) is 0 Å². The van der Waals surface area contributed by atoms with E-state index < -0.39 is 0 Å². The Labute approximate surface area is 127 Å². The fourth-order valence-corrected chi connectivity index (χ4v) is 4.19. The van der Waals surface area contributed by atoms with Gasteiger partial charge in [0.2, 0.25) is 0 Å². The number of benzene rings is 1. The third kappa shape index (κ3) is 3.03. The van der Waals surface area contributed by atoms with Crippen LogP contribution in [0.1, 0.15) is 36.8 Å². The van der Waals surface area contributed by atoms with Gasteiger partial charge in [-0.1, -0.05) is 17.7 Å². The van der Waals surface area contributed by atoms with Crippen LogP contribution in [0, 0.1) is 12.8 Å². The summed E-state index contributed by atoms with van der Waals surface area (Å²) >= 11 is 6.00. The normalized spacial score (nSPS) is 29.9. The fraction of sp³-hybridized carbons (Fsp3) is 0.647. The molecule has 1 N–H and O–H groups in total. The Kier molecular flexibility index (Phi) is 4.34. The molecule has 2 unspecified atom stereocenters. The van der Waals surface area contributed by atoms with Gasteiger partial charge in [0.15, 0.2) is 0 Å². The first-order chi connectivity index (χ1) is 9.63. The second-order valence-electron chi connectivity index (χ2n) is 6.59. The smallest absolute Gasteiger partial charge is 0.0408 e. The van der Waals surface area contributed by atoms with Crippen molar-refractivity contribution >= 4 is 11.6 Å². The van der Waals surface area contributed by atoms with Crippen LogP contribution >= 0.6 is 11.6 Å². The van der Waals surface area contributed by atoms with Crippen LogP contribution in [-0.4, -0.2) is 30.6 Å². The number of nitrogens with zero attached hydrogens (tertiary/aromatic N) is 1. The summed E-state index contributed by atoms with van der Waals surface area (Å²) in [6.45, 7) is 4.26. The predicted molar refractivity (Wildman–Crippen MR) is 85.2 cm³/mol. The summed E-state index contributed by atoms with van der Waals surface area (Å²) in [5.74, 6) is 0.858. The van der Waals surface area contributed by atoms with Crippen LogP contribution in [0.5, 0.6) is 0 Å². The average molecular weight is 293 g/mol. The lowest BCUT2D eigenvalue weighted by molar-refractivity contribution is 0.133. The van der Waals surface area contributed by atoms with Crippen molar-refractivity contribution in [1.29, 1.82) is 0 Å². The zero-order chi connectivity index (χ0) is 14.1. The maximum Gasteiger partial charge on any atom is 0.0408 e. The predicted octanol–water partition coefficient (Wildman–Crippen LogP) is 3.61. The first-order valence-corrected chi connectivity index (χ1v) is 8.19. The van der Waals surface area contributed by atoms with Crippen molar-refractivity contribution < 1.29 is 0 Å². The molecule has 2 bridgehead atoms. The van der Waals surface area contributed by atoms with Gasteiger partial charge >= 0.3 is 0 Å². The Balaban J connectivity index is 1.49. The van der Waals surface area contributed by atoms with Crippen LogP contribution in [0.4, 0.5) is 0 Å². The number of piperidine rings is 1. The lowest BCUT2D eigenvalue weighted by Gasteiger charge is -2.36. The lowest BCUT2D eigenvalue weighted by Crippen LogP contribution is -2.42. The van der Waals surface area contributed by atoms with Gasteiger partial charge in [0.05, 0.1) is 0 Å². The summed E-state index contributed by atoms with van der Waals surface area (Å²) in [6.07, 6.45) is 5.57. The number of nitrogens with one attached hydrogen (secondary N) is 1. The molecule has 2 aliphatic heterocycles. The van der Waals surface area contributed by atoms with Crippen LogP contribution in [0.2, 0.25) is 5.02 Å². The number of halogens is 1. The number of fused-ring (bicyclic) bond motifs is 2. The molecule has 2 aliphatic rings. The van der Waals surface area contributed by atoms with Crippen molar-refractivity contribution in [2.45, 2.75) is 51.2 Å². The summed E-state index contributed by atoms with van der Waals surface area (Å²) in [4.78, 5) is 2.61. The molecule has 2 fully saturated rings. The minimum absolute atomic E-state index is 0.832. The van der Waals surface area contributed by atoms with E-state index in [1.165, 1.54) is 36.8 Å². The monoisotopic (exact) mass is 292 g/mol. The topological polar surface area (TPSA) is 15.3 Å². The van der Waals surface area contributed by atoms with Crippen molar-refractivity contribution in [3.63, 3.8) is 0 Å². The van der Waals surface area contributed by atoms with E-state index >= 15 is 0 Å². The molecule has 2 heterocycles. The fourth-order valence-electron chi connectivity index (χ4n) is 3.96. The Morgan fingerprint density at radius 2 is 1.95 bits per heavy atom. The SMILES string of the molecule is Cc1cc(Cl)ccc1CNCC1CC2CCC(C1)N2C. The molecular formula is C17H25ClN2. The highest BCUT2D eigenvalue weighted by Crippen LogP contribution is 2.37. The van der Waals surface area contributed by atoms with Gasteiger partial charge in [0, 0.05) is 23.7 Å². The molecule has 0 spiro atoms. The first-order valence-electron chi connectivity index (χ1n) is 7.81. The number of rotatable bonds is 4. The van der Waals surface area contributed by atoms with Gasteiger partial charge in [0.25, 0.3) is 0 Å². The van der Waals surface area contributed by atoms with Gasteiger partial charge in [-0.2, -0.15) is 0 Å². The molecular weight excluding hydrogens is 268 g/mol. The Bertz CT molecular complexity index is 460. The molecule has 20 heavy (non-hydrogen) atoms. The largest absolute Gasteiger partial charge is 0.312 e. The van der Waals surface area contributed by atoms with E-state index in [2.05, 4.69) is 30.3 Å². The third-order valence-electron chi connectivity index (χ3n) is 5.25. The first kappa shape index (κ1) is 14.4. The highest BCUT2D eigenvalue weighted by molar-refractivity contribution is 6.30. The molecule has 0 saturated carbocycles. The van der Waals surface area contributed by atoms with E-state index in [4.69, 9.17) is 11.6 Å². The zero-order valence-corrected chi connectivity index (χ0v) is 13.3. The van der Waals surface area contributed by atoms with Crippen LogP contribution in [0.3, 0.4) is 0 Å². The molecule has 0 aliphatic carbocycles. The summed E-state index contributed by atoms with van der Waals surface area (Å²) in [5.41, 5.74) is 2.65. The molecule has 3 heteroatoms. The van der Waals surface area contributed by atoms with Crippen LogP contribution in [0.25, 0.3) is 0 Å². The number of aryl methyl sites for hydroxylation is 1. The Morgan fingerprint density at radius 1 is 1.25 bits per heavy atom. The molecule has 2 saturated heterocycles. The van der Waals surface area contributed by atoms with E-state index in [0.29, 0.717) is 0 Å². The highest BCUT2D eigenvalue weighted by Gasteiger charge is 2.37. The van der Waals surface area contributed by atoms with E-state index in [1.54, 1.807) is 0 Å². The molecule has 2 atom stereocenters.